The number of halogens is 1. The molecule has 0 aromatic heterocycles. The number of benzene rings is 1. The second-order valence-electron chi connectivity index (χ2n) is 4.25. The molecule has 0 atom stereocenters. The van der Waals surface area contributed by atoms with Crippen molar-refractivity contribution in [3.63, 3.8) is 0 Å². The molecule has 1 aromatic carbocycles. The lowest BCUT2D eigenvalue weighted by atomic mass is 10.3. The van der Waals surface area contributed by atoms with Gasteiger partial charge in [-0.25, -0.2) is 8.42 Å². The van der Waals surface area contributed by atoms with Crippen LogP contribution in [0.1, 0.15) is 12.8 Å². The Bertz CT molecular complexity index is 643. The monoisotopic (exact) mass is 359 g/mol. The van der Waals surface area contributed by atoms with E-state index in [1.165, 1.54) is 12.1 Å². The van der Waals surface area contributed by atoms with E-state index in [9.17, 15) is 13.2 Å². The molecule has 1 aliphatic rings. The Labute approximate surface area is 125 Å². The fourth-order valence-electron chi connectivity index (χ4n) is 1.77. The SMILES string of the molecule is O=C(CBr)Nc1cccc(S(=O)(=O)NC2=NCCC2)c1. The van der Waals surface area contributed by atoms with Crippen LogP contribution >= 0.6 is 15.9 Å². The number of hydrogen-bond donors (Lipinski definition) is 2. The lowest BCUT2D eigenvalue weighted by Gasteiger charge is -2.09. The van der Waals surface area contributed by atoms with Crippen LogP contribution in [-0.4, -0.2) is 32.0 Å². The highest BCUT2D eigenvalue weighted by Gasteiger charge is 2.18. The van der Waals surface area contributed by atoms with E-state index in [-0.39, 0.29) is 16.1 Å². The molecule has 1 heterocycles. The summed E-state index contributed by atoms with van der Waals surface area (Å²) >= 11 is 3.03. The molecular formula is C12H14BrN3O3S. The maximum atomic E-state index is 12.2. The van der Waals surface area contributed by atoms with Gasteiger partial charge in [0.05, 0.1) is 10.2 Å². The van der Waals surface area contributed by atoms with Gasteiger partial charge in [0, 0.05) is 18.7 Å². The third-order valence-corrected chi connectivity index (χ3v) is 4.56. The summed E-state index contributed by atoms with van der Waals surface area (Å²) in [6.45, 7) is 0.652. The van der Waals surface area contributed by atoms with Crippen molar-refractivity contribution in [2.75, 3.05) is 17.2 Å². The van der Waals surface area contributed by atoms with Crippen LogP contribution in [0.15, 0.2) is 34.2 Å². The highest BCUT2D eigenvalue weighted by atomic mass is 79.9. The fourth-order valence-corrected chi connectivity index (χ4v) is 3.05. The Hall–Kier alpha value is -1.41. The molecule has 0 unspecified atom stereocenters. The van der Waals surface area contributed by atoms with Gasteiger partial charge >= 0.3 is 0 Å². The molecule has 2 N–H and O–H groups in total. The number of aliphatic imine (C=N–C) groups is 1. The summed E-state index contributed by atoms with van der Waals surface area (Å²) in [6.07, 6.45) is 1.50. The topological polar surface area (TPSA) is 87.6 Å². The van der Waals surface area contributed by atoms with Crippen LogP contribution in [0.4, 0.5) is 5.69 Å². The molecule has 8 heteroatoms. The summed E-state index contributed by atoms with van der Waals surface area (Å²) in [7, 11) is -3.65. The molecule has 20 heavy (non-hydrogen) atoms. The highest BCUT2D eigenvalue weighted by Crippen LogP contribution is 2.16. The van der Waals surface area contributed by atoms with Gasteiger partial charge in [-0.15, -0.1) is 0 Å². The molecule has 0 spiro atoms. The zero-order valence-corrected chi connectivity index (χ0v) is 13.0. The van der Waals surface area contributed by atoms with Crippen molar-refractivity contribution in [2.45, 2.75) is 17.7 Å². The number of amidine groups is 1. The largest absolute Gasteiger partial charge is 0.325 e. The summed E-state index contributed by atoms with van der Waals surface area (Å²) in [5.74, 6) is 0.243. The number of amides is 1. The third kappa shape index (κ3) is 3.80. The van der Waals surface area contributed by atoms with E-state index in [0.29, 0.717) is 24.5 Å². The van der Waals surface area contributed by atoms with Crippen molar-refractivity contribution in [1.29, 1.82) is 0 Å². The molecule has 1 aromatic rings. The van der Waals surface area contributed by atoms with E-state index in [1.54, 1.807) is 12.1 Å². The van der Waals surface area contributed by atoms with Gasteiger partial charge in [-0.3, -0.25) is 14.5 Å². The van der Waals surface area contributed by atoms with Crippen molar-refractivity contribution in [2.24, 2.45) is 4.99 Å². The summed E-state index contributed by atoms with van der Waals surface area (Å²) in [4.78, 5) is 15.5. The number of alkyl halides is 1. The van der Waals surface area contributed by atoms with E-state index in [4.69, 9.17) is 0 Å². The van der Waals surface area contributed by atoms with Crippen LogP contribution in [-0.2, 0) is 14.8 Å². The van der Waals surface area contributed by atoms with Gasteiger partial charge in [-0.05, 0) is 24.6 Å². The van der Waals surface area contributed by atoms with E-state index < -0.39 is 10.0 Å². The Balaban J connectivity index is 2.18. The number of rotatable bonds is 4. The molecule has 0 radical (unpaired) electrons. The normalized spacial score (nSPS) is 14.8. The average molecular weight is 360 g/mol. The second-order valence-corrected chi connectivity index (χ2v) is 6.49. The Kier molecular flexibility index (Phi) is 4.77. The van der Waals surface area contributed by atoms with Crippen molar-refractivity contribution in [3.8, 4) is 0 Å². The summed E-state index contributed by atoms with van der Waals surface area (Å²) in [5.41, 5.74) is 0.436. The number of anilines is 1. The van der Waals surface area contributed by atoms with E-state index in [2.05, 4.69) is 31.0 Å². The fraction of sp³-hybridized carbons (Fsp3) is 0.333. The first-order chi connectivity index (χ1) is 9.51. The zero-order chi connectivity index (χ0) is 14.6. The van der Waals surface area contributed by atoms with Crippen LogP contribution in [0.2, 0.25) is 0 Å². The second kappa shape index (κ2) is 6.36. The minimum Gasteiger partial charge on any atom is -0.325 e. The molecule has 0 fully saturated rings. The molecule has 1 amide bonds. The molecule has 0 saturated heterocycles. The number of nitrogens with one attached hydrogen (secondary N) is 2. The quantitative estimate of drug-likeness (QED) is 0.798. The van der Waals surface area contributed by atoms with Gasteiger partial charge in [-0.1, -0.05) is 22.0 Å². The first kappa shape index (κ1) is 15.0. The molecule has 0 saturated carbocycles. The minimum atomic E-state index is -3.65. The molecular weight excluding hydrogens is 346 g/mol. The van der Waals surface area contributed by atoms with Crippen LogP contribution in [0.25, 0.3) is 0 Å². The van der Waals surface area contributed by atoms with Crippen LogP contribution in [0.5, 0.6) is 0 Å². The molecule has 6 nitrogen and oxygen atoms in total. The van der Waals surface area contributed by atoms with Crippen LogP contribution < -0.4 is 10.0 Å². The number of carbonyl (C=O) groups excluding carboxylic acids is 1. The first-order valence-corrected chi connectivity index (χ1v) is 8.64. The predicted molar refractivity (Wildman–Crippen MR) is 80.7 cm³/mol. The van der Waals surface area contributed by atoms with Crippen molar-refractivity contribution in [3.05, 3.63) is 24.3 Å². The van der Waals surface area contributed by atoms with Gasteiger partial charge in [-0.2, -0.15) is 0 Å². The molecule has 108 valence electrons. The lowest BCUT2D eigenvalue weighted by Crippen LogP contribution is -2.29. The molecule has 2 rings (SSSR count). The van der Waals surface area contributed by atoms with Gasteiger partial charge in [0.2, 0.25) is 5.91 Å². The maximum Gasteiger partial charge on any atom is 0.262 e. The Morgan fingerprint density at radius 3 is 2.85 bits per heavy atom. The van der Waals surface area contributed by atoms with Gasteiger partial charge < -0.3 is 5.32 Å². The summed E-state index contributed by atoms with van der Waals surface area (Å²) in [5, 5.41) is 2.74. The third-order valence-electron chi connectivity index (χ3n) is 2.68. The number of carbonyl (C=O) groups is 1. The predicted octanol–water partition coefficient (Wildman–Crippen LogP) is 1.49. The maximum absolute atomic E-state index is 12.2. The van der Waals surface area contributed by atoms with Crippen LogP contribution in [0.3, 0.4) is 0 Å². The Morgan fingerprint density at radius 2 is 2.20 bits per heavy atom. The van der Waals surface area contributed by atoms with Crippen LogP contribution in [0, 0.1) is 0 Å². The number of sulfonamides is 1. The first-order valence-electron chi connectivity index (χ1n) is 6.03. The zero-order valence-electron chi connectivity index (χ0n) is 10.6. The molecule has 1 aliphatic heterocycles. The van der Waals surface area contributed by atoms with E-state index in [0.717, 1.165) is 6.42 Å². The van der Waals surface area contributed by atoms with Gasteiger partial charge in [0.1, 0.15) is 5.84 Å². The number of nitrogens with zero attached hydrogens (tertiary/aromatic N) is 1. The minimum absolute atomic E-state index is 0.0967. The standard InChI is InChI=1S/C12H14BrN3O3S/c13-8-12(17)15-9-3-1-4-10(7-9)20(18,19)16-11-5-2-6-14-11/h1,3-4,7H,2,5-6,8H2,(H,14,16)(H,15,17). The molecule has 0 bridgehead atoms. The summed E-state index contributed by atoms with van der Waals surface area (Å²) < 4.78 is 26.8. The van der Waals surface area contributed by atoms with E-state index in [1.807, 2.05) is 0 Å². The van der Waals surface area contributed by atoms with Crippen molar-refractivity contribution in [1.82, 2.24) is 4.72 Å². The van der Waals surface area contributed by atoms with Crippen molar-refractivity contribution >= 4 is 43.4 Å². The molecule has 0 aliphatic carbocycles. The smallest absolute Gasteiger partial charge is 0.262 e. The van der Waals surface area contributed by atoms with E-state index >= 15 is 0 Å². The average Bonchev–Trinajstić information content (AvgIpc) is 2.91. The Morgan fingerprint density at radius 1 is 1.40 bits per heavy atom. The highest BCUT2D eigenvalue weighted by molar-refractivity contribution is 9.09. The van der Waals surface area contributed by atoms with Gasteiger partial charge in [0.25, 0.3) is 10.0 Å². The summed E-state index contributed by atoms with van der Waals surface area (Å²) in [6, 6.07) is 6.10. The van der Waals surface area contributed by atoms with Crippen molar-refractivity contribution < 1.29 is 13.2 Å². The lowest BCUT2D eigenvalue weighted by molar-refractivity contribution is -0.113. The van der Waals surface area contributed by atoms with Gasteiger partial charge in [0.15, 0.2) is 0 Å². The number of hydrogen-bond acceptors (Lipinski definition) is 4.